The van der Waals surface area contributed by atoms with Gasteiger partial charge in [-0.05, 0) is 51.5 Å². The first-order valence-electron chi connectivity index (χ1n) is 7.38. The Bertz CT molecular complexity index is 669. The van der Waals surface area contributed by atoms with E-state index in [1.54, 1.807) is 12.4 Å². The van der Waals surface area contributed by atoms with Crippen LogP contribution >= 0.6 is 0 Å². The second-order valence-corrected chi connectivity index (χ2v) is 5.21. The Balaban J connectivity index is 2.36. The number of hydrogen-bond donors (Lipinski definition) is 2. The lowest BCUT2D eigenvalue weighted by molar-refractivity contribution is 0.0958. The van der Waals surface area contributed by atoms with Crippen molar-refractivity contribution in [3.63, 3.8) is 0 Å². The predicted molar refractivity (Wildman–Crippen MR) is 88.6 cm³/mol. The Hall–Kier alpha value is -2.27. The Morgan fingerprint density at radius 2 is 2.09 bits per heavy atom. The highest BCUT2D eigenvalue weighted by Crippen LogP contribution is 2.19. The van der Waals surface area contributed by atoms with Gasteiger partial charge < -0.3 is 10.1 Å². The van der Waals surface area contributed by atoms with Crippen molar-refractivity contribution in [3.8, 4) is 0 Å². The Morgan fingerprint density at radius 3 is 2.77 bits per heavy atom. The van der Waals surface area contributed by atoms with E-state index in [0.717, 1.165) is 22.4 Å². The second kappa shape index (κ2) is 7.13. The van der Waals surface area contributed by atoms with Crippen molar-refractivity contribution in [1.82, 2.24) is 9.97 Å². The Morgan fingerprint density at radius 1 is 1.32 bits per heavy atom. The average Bonchev–Trinajstić information content (AvgIpc) is 2.48. The SMILES string of the molecule is CCOC(C)Nc1ncc(C)cc1C(=N)c1ccnc(C)c1. The lowest BCUT2D eigenvalue weighted by Crippen LogP contribution is -2.22. The van der Waals surface area contributed by atoms with Gasteiger partial charge in [-0.25, -0.2) is 4.98 Å². The van der Waals surface area contributed by atoms with Gasteiger partial charge in [-0.2, -0.15) is 0 Å². The first-order chi connectivity index (χ1) is 10.5. The van der Waals surface area contributed by atoms with Gasteiger partial charge in [0.25, 0.3) is 0 Å². The average molecular weight is 298 g/mol. The zero-order chi connectivity index (χ0) is 16.1. The van der Waals surface area contributed by atoms with Gasteiger partial charge in [0.15, 0.2) is 0 Å². The van der Waals surface area contributed by atoms with Gasteiger partial charge in [0, 0.05) is 35.8 Å². The molecule has 5 heteroatoms. The second-order valence-electron chi connectivity index (χ2n) is 5.21. The lowest BCUT2D eigenvalue weighted by atomic mass is 10.0. The third-order valence-electron chi connectivity index (χ3n) is 3.24. The summed E-state index contributed by atoms with van der Waals surface area (Å²) in [7, 11) is 0. The summed E-state index contributed by atoms with van der Waals surface area (Å²) in [6.45, 7) is 8.38. The van der Waals surface area contributed by atoms with Crippen molar-refractivity contribution in [2.45, 2.75) is 33.9 Å². The molecule has 116 valence electrons. The fraction of sp³-hybridized carbons (Fsp3) is 0.353. The van der Waals surface area contributed by atoms with E-state index >= 15 is 0 Å². The van der Waals surface area contributed by atoms with E-state index in [1.165, 1.54) is 0 Å². The molecule has 0 aliphatic rings. The predicted octanol–water partition coefficient (Wildman–Crippen LogP) is 3.30. The zero-order valence-electron chi connectivity index (χ0n) is 13.5. The first kappa shape index (κ1) is 16.1. The molecule has 0 saturated heterocycles. The number of rotatable bonds is 6. The fourth-order valence-corrected chi connectivity index (χ4v) is 2.22. The zero-order valence-corrected chi connectivity index (χ0v) is 13.5. The lowest BCUT2D eigenvalue weighted by Gasteiger charge is -2.18. The van der Waals surface area contributed by atoms with Crippen molar-refractivity contribution in [3.05, 3.63) is 53.0 Å². The molecule has 0 aromatic carbocycles. The number of ether oxygens (including phenoxy) is 1. The molecule has 5 nitrogen and oxygen atoms in total. The van der Waals surface area contributed by atoms with Gasteiger partial charge in [-0.3, -0.25) is 10.4 Å². The smallest absolute Gasteiger partial charge is 0.137 e. The molecule has 0 amide bonds. The van der Waals surface area contributed by atoms with Crippen molar-refractivity contribution in [1.29, 1.82) is 5.41 Å². The van der Waals surface area contributed by atoms with Gasteiger partial charge in [0.1, 0.15) is 12.0 Å². The largest absolute Gasteiger partial charge is 0.359 e. The van der Waals surface area contributed by atoms with Crippen molar-refractivity contribution >= 4 is 11.5 Å². The molecule has 2 heterocycles. The molecule has 22 heavy (non-hydrogen) atoms. The van der Waals surface area contributed by atoms with E-state index < -0.39 is 0 Å². The van der Waals surface area contributed by atoms with Crippen LogP contribution in [0.2, 0.25) is 0 Å². The summed E-state index contributed by atoms with van der Waals surface area (Å²) in [5, 5.41) is 11.7. The summed E-state index contributed by atoms with van der Waals surface area (Å²) in [6.07, 6.45) is 3.35. The summed E-state index contributed by atoms with van der Waals surface area (Å²) < 4.78 is 5.50. The standard InChI is InChI=1S/C17H22N4O/c1-5-22-13(4)21-17-15(8-11(2)10-20-17)16(18)14-6-7-19-12(3)9-14/h6-10,13,18H,5H2,1-4H3,(H,20,21). The molecular weight excluding hydrogens is 276 g/mol. The van der Waals surface area contributed by atoms with Crippen LogP contribution in [0.3, 0.4) is 0 Å². The highest BCUT2D eigenvalue weighted by atomic mass is 16.5. The maximum absolute atomic E-state index is 8.50. The van der Waals surface area contributed by atoms with E-state index in [2.05, 4.69) is 15.3 Å². The van der Waals surface area contributed by atoms with Crippen LogP contribution in [0.15, 0.2) is 30.6 Å². The molecule has 0 spiro atoms. The first-order valence-corrected chi connectivity index (χ1v) is 7.38. The maximum atomic E-state index is 8.50. The minimum Gasteiger partial charge on any atom is -0.359 e. The van der Waals surface area contributed by atoms with Crippen LogP contribution in [0.25, 0.3) is 0 Å². The molecule has 1 atom stereocenters. The minimum atomic E-state index is -0.161. The van der Waals surface area contributed by atoms with Crippen LogP contribution in [0.1, 0.15) is 36.2 Å². The molecule has 0 aliphatic carbocycles. The molecule has 2 N–H and O–H groups in total. The summed E-state index contributed by atoms with van der Waals surface area (Å²) in [5.41, 5.74) is 3.91. The topological polar surface area (TPSA) is 70.9 Å². The van der Waals surface area contributed by atoms with Crippen LogP contribution in [-0.4, -0.2) is 28.5 Å². The minimum absolute atomic E-state index is 0.161. The monoisotopic (exact) mass is 298 g/mol. The van der Waals surface area contributed by atoms with Crippen LogP contribution in [0.5, 0.6) is 0 Å². The fourth-order valence-electron chi connectivity index (χ4n) is 2.22. The number of nitrogens with one attached hydrogen (secondary N) is 2. The molecular formula is C17H22N4O. The highest BCUT2D eigenvalue weighted by Gasteiger charge is 2.14. The number of nitrogens with zero attached hydrogens (tertiary/aromatic N) is 2. The Kier molecular flexibility index (Phi) is 5.22. The molecule has 0 saturated carbocycles. The number of pyridine rings is 2. The third kappa shape index (κ3) is 3.89. The molecule has 0 fully saturated rings. The number of anilines is 1. The van der Waals surface area contributed by atoms with Gasteiger partial charge >= 0.3 is 0 Å². The summed E-state index contributed by atoms with van der Waals surface area (Å²) in [4.78, 5) is 8.60. The van der Waals surface area contributed by atoms with E-state index in [-0.39, 0.29) is 6.23 Å². The molecule has 0 radical (unpaired) electrons. The molecule has 0 aliphatic heterocycles. The van der Waals surface area contributed by atoms with Gasteiger partial charge in [-0.1, -0.05) is 0 Å². The molecule has 1 unspecified atom stereocenters. The van der Waals surface area contributed by atoms with E-state index in [0.29, 0.717) is 18.1 Å². The van der Waals surface area contributed by atoms with Crippen molar-refractivity contribution in [2.24, 2.45) is 0 Å². The number of aryl methyl sites for hydroxylation is 2. The maximum Gasteiger partial charge on any atom is 0.137 e. The van der Waals surface area contributed by atoms with Crippen LogP contribution in [0, 0.1) is 19.3 Å². The van der Waals surface area contributed by atoms with E-state index in [9.17, 15) is 0 Å². The summed E-state index contributed by atoms with van der Waals surface area (Å²) >= 11 is 0. The van der Waals surface area contributed by atoms with Crippen LogP contribution < -0.4 is 5.32 Å². The van der Waals surface area contributed by atoms with Crippen molar-refractivity contribution in [2.75, 3.05) is 11.9 Å². The van der Waals surface area contributed by atoms with Gasteiger partial charge in [0.2, 0.25) is 0 Å². The van der Waals surface area contributed by atoms with Crippen LogP contribution in [-0.2, 0) is 4.74 Å². The summed E-state index contributed by atoms with van der Waals surface area (Å²) in [6, 6.07) is 5.71. The molecule has 2 rings (SSSR count). The van der Waals surface area contributed by atoms with E-state index in [4.69, 9.17) is 10.1 Å². The molecule has 0 bridgehead atoms. The summed E-state index contributed by atoms with van der Waals surface area (Å²) in [5.74, 6) is 0.658. The Labute approximate surface area is 131 Å². The number of aromatic nitrogens is 2. The normalized spacial score (nSPS) is 12.0. The third-order valence-corrected chi connectivity index (χ3v) is 3.24. The van der Waals surface area contributed by atoms with E-state index in [1.807, 2.05) is 45.9 Å². The quantitative estimate of drug-likeness (QED) is 0.634. The molecule has 2 aromatic heterocycles. The number of hydrogen-bond acceptors (Lipinski definition) is 5. The van der Waals surface area contributed by atoms with Gasteiger partial charge in [0.05, 0.1) is 5.71 Å². The molecule has 2 aromatic rings. The van der Waals surface area contributed by atoms with Crippen LogP contribution in [0.4, 0.5) is 5.82 Å². The van der Waals surface area contributed by atoms with Crippen molar-refractivity contribution < 1.29 is 4.74 Å². The van der Waals surface area contributed by atoms with Gasteiger partial charge in [-0.15, -0.1) is 0 Å². The highest BCUT2D eigenvalue weighted by molar-refractivity contribution is 6.13.